The Morgan fingerprint density at radius 2 is 2.16 bits per heavy atom. The summed E-state index contributed by atoms with van der Waals surface area (Å²) in [7, 11) is -3.08. The fourth-order valence-corrected chi connectivity index (χ4v) is 3.77. The summed E-state index contributed by atoms with van der Waals surface area (Å²) in [5, 5.41) is -0.404. The van der Waals surface area contributed by atoms with Crippen molar-refractivity contribution in [3.63, 3.8) is 0 Å². The van der Waals surface area contributed by atoms with Crippen LogP contribution in [0.15, 0.2) is 16.5 Å². The van der Waals surface area contributed by atoms with Gasteiger partial charge in [0.25, 0.3) is 0 Å². The second-order valence-corrected chi connectivity index (χ2v) is 7.48. The normalized spacial score (nSPS) is 24.3. The molecule has 2 rings (SSSR count). The predicted molar refractivity (Wildman–Crippen MR) is 71.5 cm³/mol. The maximum atomic E-state index is 12.3. The van der Waals surface area contributed by atoms with Crippen molar-refractivity contribution in [2.45, 2.75) is 37.5 Å². The van der Waals surface area contributed by atoms with Crippen molar-refractivity contribution in [3.8, 4) is 0 Å². The second kappa shape index (κ2) is 5.46. The smallest absolute Gasteiger partial charge is 0.201 e. The van der Waals surface area contributed by atoms with Crippen molar-refractivity contribution in [1.29, 1.82) is 0 Å². The lowest BCUT2D eigenvalue weighted by Crippen LogP contribution is -2.31. The molecule has 106 valence electrons. The third kappa shape index (κ3) is 3.25. The lowest BCUT2D eigenvalue weighted by atomic mass is 9.85. The number of hydrogen-bond donors (Lipinski definition) is 1. The van der Waals surface area contributed by atoms with Crippen LogP contribution in [-0.2, 0) is 16.4 Å². The molecule has 1 aromatic rings. The Bertz CT molecular complexity index is 561. The van der Waals surface area contributed by atoms with E-state index < -0.39 is 15.1 Å². The van der Waals surface area contributed by atoms with Crippen LogP contribution in [0.2, 0.25) is 0 Å². The van der Waals surface area contributed by atoms with E-state index >= 15 is 0 Å². The van der Waals surface area contributed by atoms with Gasteiger partial charge < -0.3 is 10.2 Å². The van der Waals surface area contributed by atoms with Crippen LogP contribution >= 0.6 is 0 Å². The fourth-order valence-electron chi connectivity index (χ4n) is 2.59. The summed E-state index contributed by atoms with van der Waals surface area (Å²) in [5.41, 5.74) is 5.44. The molecule has 1 aliphatic rings. The molecule has 1 aliphatic carbocycles. The Kier molecular flexibility index (Phi) is 4.10. The number of hydrogen-bond acceptors (Lipinski definition) is 5. The molecule has 1 fully saturated rings. The minimum atomic E-state index is -3.08. The van der Waals surface area contributed by atoms with E-state index in [4.69, 9.17) is 10.2 Å². The monoisotopic (exact) mass is 285 g/mol. The summed E-state index contributed by atoms with van der Waals surface area (Å²) in [6.07, 6.45) is 3.77. The molecule has 5 nitrogen and oxygen atoms in total. The average molecular weight is 285 g/mol. The van der Waals surface area contributed by atoms with E-state index in [2.05, 4.69) is 0 Å². The van der Waals surface area contributed by atoms with Crippen LogP contribution in [-0.4, -0.2) is 25.7 Å². The highest BCUT2D eigenvalue weighted by Gasteiger charge is 2.33. The predicted octanol–water partition coefficient (Wildman–Crippen LogP) is 1.52. The first-order valence-corrected chi connectivity index (χ1v) is 8.39. The highest BCUT2D eigenvalue weighted by Crippen LogP contribution is 2.31. The van der Waals surface area contributed by atoms with Gasteiger partial charge in [-0.25, -0.2) is 8.42 Å². The number of sulfone groups is 1. The van der Waals surface area contributed by atoms with E-state index in [0.717, 1.165) is 12.8 Å². The van der Waals surface area contributed by atoms with Crippen molar-refractivity contribution in [1.82, 2.24) is 0 Å². The highest BCUT2D eigenvalue weighted by atomic mass is 32.2. The molecule has 1 saturated carbocycles. The summed E-state index contributed by atoms with van der Waals surface area (Å²) in [6.45, 7) is 0.254. The van der Waals surface area contributed by atoms with Gasteiger partial charge in [0.2, 0.25) is 5.78 Å². The molecule has 2 unspecified atom stereocenters. The number of nitrogens with two attached hydrogens (primary N) is 1. The second-order valence-electron chi connectivity index (χ2n) is 5.15. The summed E-state index contributed by atoms with van der Waals surface area (Å²) in [6, 6.07) is 3.30. The molecule has 19 heavy (non-hydrogen) atoms. The lowest BCUT2D eigenvalue weighted by Gasteiger charge is -2.26. The maximum absolute atomic E-state index is 12.3. The van der Waals surface area contributed by atoms with Crippen LogP contribution in [0.3, 0.4) is 0 Å². The zero-order valence-corrected chi connectivity index (χ0v) is 11.8. The SMILES string of the molecule is CS(=O)(=O)C1CCCC(C(=O)c2ccc(CN)o2)C1. The summed E-state index contributed by atoms with van der Waals surface area (Å²) < 4.78 is 28.5. The summed E-state index contributed by atoms with van der Waals surface area (Å²) in [5.74, 6) is 0.497. The zero-order valence-electron chi connectivity index (χ0n) is 11.0. The molecule has 2 atom stereocenters. The Hall–Kier alpha value is -1.14. The number of ketones is 1. The molecule has 1 aromatic heterocycles. The Morgan fingerprint density at radius 3 is 2.74 bits per heavy atom. The van der Waals surface area contributed by atoms with E-state index in [1.54, 1.807) is 12.1 Å². The van der Waals surface area contributed by atoms with E-state index in [9.17, 15) is 13.2 Å². The Balaban J connectivity index is 2.11. The highest BCUT2D eigenvalue weighted by molar-refractivity contribution is 7.91. The quantitative estimate of drug-likeness (QED) is 0.847. The summed E-state index contributed by atoms with van der Waals surface area (Å²) in [4.78, 5) is 12.3. The molecule has 2 N–H and O–H groups in total. The molecular formula is C13H19NO4S. The van der Waals surface area contributed by atoms with E-state index in [1.807, 2.05) is 0 Å². The number of carbonyl (C=O) groups is 1. The van der Waals surface area contributed by atoms with Crippen LogP contribution in [0, 0.1) is 5.92 Å². The first-order chi connectivity index (χ1) is 8.91. The first-order valence-electron chi connectivity index (χ1n) is 6.43. The van der Waals surface area contributed by atoms with E-state index in [0.29, 0.717) is 24.4 Å². The standard InChI is InChI=1S/C13H19NO4S/c1-19(16,17)11-4-2-3-9(7-11)13(15)12-6-5-10(8-14)18-12/h5-6,9,11H,2-4,7-8,14H2,1H3. The van der Waals surface area contributed by atoms with Crippen molar-refractivity contribution in [3.05, 3.63) is 23.7 Å². The van der Waals surface area contributed by atoms with Gasteiger partial charge in [-0.1, -0.05) is 6.42 Å². The van der Waals surface area contributed by atoms with Crippen molar-refractivity contribution < 1.29 is 17.6 Å². The number of Topliss-reactive ketones (excluding diaryl/α,β-unsaturated/α-hetero) is 1. The largest absolute Gasteiger partial charge is 0.457 e. The van der Waals surface area contributed by atoms with Crippen LogP contribution in [0.4, 0.5) is 0 Å². The number of rotatable bonds is 4. The topological polar surface area (TPSA) is 90.4 Å². The van der Waals surface area contributed by atoms with Crippen molar-refractivity contribution in [2.24, 2.45) is 11.7 Å². The van der Waals surface area contributed by atoms with Crippen molar-refractivity contribution >= 4 is 15.6 Å². The average Bonchev–Trinajstić information content (AvgIpc) is 2.86. The van der Waals surface area contributed by atoms with Crippen molar-refractivity contribution in [2.75, 3.05) is 6.26 Å². The van der Waals surface area contributed by atoms with Crippen LogP contribution in [0.5, 0.6) is 0 Å². The molecular weight excluding hydrogens is 266 g/mol. The van der Waals surface area contributed by atoms with Gasteiger partial charge in [0.05, 0.1) is 11.8 Å². The summed E-state index contributed by atoms with van der Waals surface area (Å²) >= 11 is 0. The van der Waals surface area contributed by atoms with Crippen LogP contribution in [0.1, 0.15) is 42.0 Å². The minimum absolute atomic E-state index is 0.104. The zero-order chi connectivity index (χ0) is 14.0. The van der Waals surface area contributed by atoms with Crippen LogP contribution in [0.25, 0.3) is 0 Å². The molecule has 0 aliphatic heterocycles. The maximum Gasteiger partial charge on any atom is 0.201 e. The third-order valence-electron chi connectivity index (χ3n) is 3.71. The molecule has 0 spiro atoms. The van der Waals surface area contributed by atoms with Gasteiger partial charge >= 0.3 is 0 Å². The van der Waals surface area contributed by atoms with Crippen LogP contribution < -0.4 is 5.73 Å². The van der Waals surface area contributed by atoms with Gasteiger partial charge in [0, 0.05) is 12.2 Å². The fraction of sp³-hybridized carbons (Fsp3) is 0.615. The Labute approximate surface area is 113 Å². The Morgan fingerprint density at radius 1 is 1.42 bits per heavy atom. The molecule has 0 aromatic carbocycles. The lowest BCUT2D eigenvalue weighted by molar-refractivity contribution is 0.0860. The minimum Gasteiger partial charge on any atom is -0.457 e. The van der Waals surface area contributed by atoms with Gasteiger partial charge in [-0.2, -0.15) is 0 Å². The molecule has 0 amide bonds. The van der Waals surface area contributed by atoms with E-state index in [-0.39, 0.29) is 18.2 Å². The first kappa shape index (κ1) is 14.3. The van der Waals surface area contributed by atoms with Gasteiger partial charge in [0.1, 0.15) is 15.6 Å². The molecule has 0 bridgehead atoms. The van der Waals surface area contributed by atoms with Gasteiger partial charge in [0.15, 0.2) is 5.76 Å². The third-order valence-corrected chi connectivity index (χ3v) is 5.35. The number of furan rings is 1. The van der Waals surface area contributed by atoms with Gasteiger partial charge in [-0.05, 0) is 31.4 Å². The molecule has 1 heterocycles. The van der Waals surface area contributed by atoms with Gasteiger partial charge in [-0.15, -0.1) is 0 Å². The van der Waals surface area contributed by atoms with Gasteiger partial charge in [-0.3, -0.25) is 4.79 Å². The molecule has 6 heteroatoms. The molecule has 0 radical (unpaired) electrons. The number of carbonyl (C=O) groups excluding carboxylic acids is 1. The van der Waals surface area contributed by atoms with E-state index in [1.165, 1.54) is 6.26 Å². The molecule has 0 saturated heterocycles.